The molecule has 7 heteroatoms. The van der Waals surface area contributed by atoms with Crippen LogP contribution in [0.25, 0.3) is 0 Å². The number of nitrogens with two attached hydrogens (primary N) is 1. The molecule has 2 rings (SSSR count). The molecule has 1 atom stereocenters. The number of aromatic nitrogens is 3. The van der Waals surface area contributed by atoms with Crippen molar-refractivity contribution in [1.82, 2.24) is 14.8 Å². The van der Waals surface area contributed by atoms with E-state index in [9.17, 15) is 9.90 Å². The Hall–Kier alpha value is -1.86. The Balaban J connectivity index is 2.22. The molecule has 1 heterocycles. The number of aryl methyl sites for hydroxylation is 1. The van der Waals surface area contributed by atoms with Gasteiger partial charge in [-0.2, -0.15) is 0 Å². The van der Waals surface area contributed by atoms with Crippen molar-refractivity contribution in [1.29, 1.82) is 0 Å². The molecule has 100 valence electrons. The number of aliphatic carboxylic acids is 1. The Morgan fingerprint density at radius 2 is 2.16 bits per heavy atom. The van der Waals surface area contributed by atoms with E-state index in [1.807, 2.05) is 6.07 Å². The van der Waals surface area contributed by atoms with Gasteiger partial charge in [0.25, 0.3) is 0 Å². The molecule has 0 aliphatic heterocycles. The molecule has 0 spiro atoms. The van der Waals surface area contributed by atoms with Gasteiger partial charge in [0.2, 0.25) is 0 Å². The number of carbonyl (C=O) groups is 1. The standard InChI is InChI=1S/C12H14N4O2S/c1-16-8-14-15-11(16)19-7-12(13,10(17)18)9-5-3-2-4-6-9/h2-6,8H,7,13H2,1H3,(H,17,18). The molecular formula is C12H14N4O2S. The zero-order valence-electron chi connectivity index (χ0n) is 10.4. The second kappa shape index (κ2) is 5.41. The Morgan fingerprint density at radius 1 is 1.47 bits per heavy atom. The highest BCUT2D eigenvalue weighted by atomic mass is 32.2. The van der Waals surface area contributed by atoms with Crippen LogP contribution in [0.3, 0.4) is 0 Å². The molecule has 0 saturated carbocycles. The van der Waals surface area contributed by atoms with Gasteiger partial charge in [0, 0.05) is 12.8 Å². The first-order valence-corrected chi connectivity index (χ1v) is 6.57. The van der Waals surface area contributed by atoms with E-state index in [-0.39, 0.29) is 5.75 Å². The average Bonchev–Trinajstić information content (AvgIpc) is 2.82. The normalized spacial score (nSPS) is 14.0. The van der Waals surface area contributed by atoms with Gasteiger partial charge < -0.3 is 15.4 Å². The van der Waals surface area contributed by atoms with Crippen LogP contribution in [0.4, 0.5) is 0 Å². The molecule has 0 aliphatic carbocycles. The van der Waals surface area contributed by atoms with Crippen molar-refractivity contribution >= 4 is 17.7 Å². The average molecular weight is 278 g/mol. The summed E-state index contributed by atoms with van der Waals surface area (Å²) in [5, 5.41) is 17.7. The highest BCUT2D eigenvalue weighted by Crippen LogP contribution is 2.26. The Labute approximate surface area is 114 Å². The van der Waals surface area contributed by atoms with Crippen LogP contribution >= 0.6 is 11.8 Å². The SMILES string of the molecule is Cn1cnnc1SCC(N)(C(=O)O)c1ccccc1. The van der Waals surface area contributed by atoms with E-state index in [2.05, 4.69) is 10.2 Å². The van der Waals surface area contributed by atoms with Crippen molar-refractivity contribution in [3.8, 4) is 0 Å². The smallest absolute Gasteiger partial charge is 0.329 e. The van der Waals surface area contributed by atoms with Gasteiger partial charge in [-0.05, 0) is 5.56 Å². The predicted molar refractivity (Wildman–Crippen MR) is 71.7 cm³/mol. The number of rotatable bonds is 5. The van der Waals surface area contributed by atoms with E-state index in [0.29, 0.717) is 10.7 Å². The maximum absolute atomic E-state index is 11.5. The number of hydrogen-bond donors (Lipinski definition) is 2. The van der Waals surface area contributed by atoms with Crippen LogP contribution < -0.4 is 5.73 Å². The molecule has 3 N–H and O–H groups in total. The third-order valence-electron chi connectivity index (χ3n) is 2.77. The number of carboxylic acids is 1. The van der Waals surface area contributed by atoms with Gasteiger partial charge in [0.1, 0.15) is 11.9 Å². The van der Waals surface area contributed by atoms with Crippen molar-refractivity contribution in [2.24, 2.45) is 12.8 Å². The summed E-state index contributed by atoms with van der Waals surface area (Å²) in [4.78, 5) is 11.5. The monoisotopic (exact) mass is 278 g/mol. The first-order chi connectivity index (χ1) is 9.04. The Morgan fingerprint density at radius 3 is 2.68 bits per heavy atom. The number of nitrogens with zero attached hydrogens (tertiary/aromatic N) is 3. The first-order valence-electron chi connectivity index (χ1n) is 5.58. The highest BCUT2D eigenvalue weighted by Gasteiger charge is 2.36. The van der Waals surface area contributed by atoms with E-state index in [0.717, 1.165) is 0 Å². The van der Waals surface area contributed by atoms with Gasteiger partial charge in [-0.15, -0.1) is 10.2 Å². The molecule has 0 saturated heterocycles. The van der Waals surface area contributed by atoms with Crippen LogP contribution in [0, 0.1) is 0 Å². The molecule has 0 radical (unpaired) electrons. The lowest BCUT2D eigenvalue weighted by Gasteiger charge is -2.24. The molecule has 1 aromatic carbocycles. The molecule has 0 aliphatic rings. The van der Waals surface area contributed by atoms with Gasteiger partial charge in [-0.3, -0.25) is 0 Å². The summed E-state index contributed by atoms with van der Waals surface area (Å²) in [7, 11) is 1.80. The van der Waals surface area contributed by atoms with E-state index in [1.165, 1.54) is 11.8 Å². The third-order valence-corrected chi connectivity index (χ3v) is 4.00. The van der Waals surface area contributed by atoms with Crippen LogP contribution in [0.15, 0.2) is 41.8 Å². The van der Waals surface area contributed by atoms with Crippen LogP contribution in [0.1, 0.15) is 5.56 Å². The van der Waals surface area contributed by atoms with Crippen LogP contribution in [0.5, 0.6) is 0 Å². The summed E-state index contributed by atoms with van der Waals surface area (Å²) in [5.41, 5.74) is 5.17. The molecule has 0 amide bonds. The molecular weight excluding hydrogens is 264 g/mol. The molecule has 0 fully saturated rings. The van der Waals surface area contributed by atoms with E-state index in [4.69, 9.17) is 5.73 Å². The lowest BCUT2D eigenvalue weighted by atomic mass is 9.93. The minimum atomic E-state index is -1.45. The number of thioether (sulfide) groups is 1. The summed E-state index contributed by atoms with van der Waals surface area (Å²) in [6.45, 7) is 0. The fraction of sp³-hybridized carbons (Fsp3) is 0.250. The summed E-state index contributed by atoms with van der Waals surface area (Å²) in [6.07, 6.45) is 1.56. The van der Waals surface area contributed by atoms with E-state index < -0.39 is 11.5 Å². The fourth-order valence-corrected chi connectivity index (χ4v) is 2.59. The maximum Gasteiger partial charge on any atom is 0.329 e. The van der Waals surface area contributed by atoms with Crippen molar-refractivity contribution < 1.29 is 9.90 Å². The molecule has 1 aromatic heterocycles. The van der Waals surface area contributed by atoms with Crippen molar-refractivity contribution in [2.75, 3.05) is 5.75 Å². The van der Waals surface area contributed by atoms with Gasteiger partial charge >= 0.3 is 5.97 Å². The van der Waals surface area contributed by atoms with Gasteiger partial charge in [-0.1, -0.05) is 42.1 Å². The number of hydrogen-bond acceptors (Lipinski definition) is 5. The van der Waals surface area contributed by atoms with E-state index in [1.54, 1.807) is 42.2 Å². The zero-order valence-corrected chi connectivity index (χ0v) is 11.2. The Bertz CT molecular complexity index is 572. The van der Waals surface area contributed by atoms with Crippen molar-refractivity contribution in [2.45, 2.75) is 10.7 Å². The molecule has 2 aromatic rings. The largest absolute Gasteiger partial charge is 0.480 e. The zero-order chi connectivity index (χ0) is 13.9. The third kappa shape index (κ3) is 2.77. The van der Waals surface area contributed by atoms with Gasteiger partial charge in [0.05, 0.1) is 0 Å². The van der Waals surface area contributed by atoms with Crippen molar-refractivity contribution in [3.05, 3.63) is 42.2 Å². The lowest BCUT2D eigenvalue weighted by Crippen LogP contribution is -2.47. The fourth-order valence-electron chi connectivity index (χ4n) is 1.59. The second-order valence-electron chi connectivity index (χ2n) is 4.16. The number of benzene rings is 1. The summed E-state index contributed by atoms with van der Waals surface area (Å²) in [5.74, 6) is -0.882. The maximum atomic E-state index is 11.5. The summed E-state index contributed by atoms with van der Waals surface area (Å²) < 4.78 is 1.72. The molecule has 6 nitrogen and oxygen atoms in total. The summed E-state index contributed by atoms with van der Waals surface area (Å²) in [6, 6.07) is 8.79. The molecule has 1 unspecified atom stereocenters. The highest BCUT2D eigenvalue weighted by molar-refractivity contribution is 7.99. The minimum absolute atomic E-state index is 0.179. The van der Waals surface area contributed by atoms with E-state index >= 15 is 0 Å². The van der Waals surface area contributed by atoms with Crippen LogP contribution in [-0.2, 0) is 17.4 Å². The van der Waals surface area contributed by atoms with Gasteiger partial charge in [0.15, 0.2) is 5.16 Å². The van der Waals surface area contributed by atoms with Gasteiger partial charge in [-0.25, -0.2) is 4.79 Å². The summed E-state index contributed by atoms with van der Waals surface area (Å²) >= 11 is 1.27. The van der Waals surface area contributed by atoms with Crippen LogP contribution in [-0.4, -0.2) is 31.6 Å². The first kappa shape index (κ1) is 13.6. The second-order valence-corrected chi connectivity index (χ2v) is 5.10. The van der Waals surface area contributed by atoms with Crippen molar-refractivity contribution in [3.63, 3.8) is 0 Å². The topological polar surface area (TPSA) is 94.0 Å². The molecule has 19 heavy (non-hydrogen) atoms. The minimum Gasteiger partial charge on any atom is -0.480 e. The number of carboxylic acid groups (broad SMARTS) is 1. The quantitative estimate of drug-likeness (QED) is 0.787. The van der Waals surface area contributed by atoms with Crippen LogP contribution in [0.2, 0.25) is 0 Å². The lowest BCUT2D eigenvalue weighted by molar-refractivity contribution is -0.142. The predicted octanol–water partition coefficient (Wildman–Crippen LogP) is 0.846. The molecule has 0 bridgehead atoms. The Kier molecular flexibility index (Phi) is 3.87.